The number of rotatable bonds is 13. The molecule has 0 heterocycles. The summed E-state index contributed by atoms with van der Waals surface area (Å²) in [5.41, 5.74) is -8.70. The molecule has 0 amide bonds. The van der Waals surface area contributed by atoms with E-state index in [9.17, 15) is 83.4 Å². The Morgan fingerprint density at radius 3 is 1.03 bits per heavy atom. The maximum atomic E-state index is 13.7. The van der Waals surface area contributed by atoms with Crippen molar-refractivity contribution in [1.29, 1.82) is 0 Å². The van der Waals surface area contributed by atoms with Gasteiger partial charge in [-0.2, -0.15) is 79.0 Å². The van der Waals surface area contributed by atoms with E-state index in [1.165, 1.54) is 0 Å². The molecule has 0 aliphatic carbocycles. The zero-order valence-corrected chi connectivity index (χ0v) is 17.6. The van der Waals surface area contributed by atoms with E-state index in [1.54, 1.807) is 6.92 Å². The Bertz CT molecular complexity index is 700. The van der Waals surface area contributed by atoms with Gasteiger partial charge < -0.3 is 0 Å². The van der Waals surface area contributed by atoms with E-state index in [2.05, 4.69) is 0 Å². The molecule has 0 bridgehead atoms. The third-order valence-corrected chi connectivity index (χ3v) is 5.09. The number of hydrogen-bond acceptors (Lipinski definition) is 0. The van der Waals surface area contributed by atoms with Crippen LogP contribution in [-0.4, -0.2) is 53.6 Å². The summed E-state index contributed by atoms with van der Waals surface area (Å²) in [6.45, 7) is 1.67. The van der Waals surface area contributed by atoms with Crippen molar-refractivity contribution in [1.82, 2.24) is 0 Å². The van der Waals surface area contributed by atoms with Gasteiger partial charge in [-0.25, -0.2) is 4.39 Å². The molecule has 0 N–H and O–H groups in total. The van der Waals surface area contributed by atoms with Crippen LogP contribution in [0.5, 0.6) is 0 Å². The lowest BCUT2D eigenvalue weighted by Gasteiger charge is -2.45. The van der Waals surface area contributed by atoms with Crippen molar-refractivity contribution >= 4 is 0 Å². The summed E-state index contributed by atoms with van der Waals surface area (Å²) >= 11 is 0. The van der Waals surface area contributed by atoms with Gasteiger partial charge in [-0.3, -0.25) is 0 Å². The second kappa shape index (κ2) is 10.1. The summed E-state index contributed by atoms with van der Waals surface area (Å²) < 4.78 is 251. The summed E-state index contributed by atoms with van der Waals surface area (Å²) in [7, 11) is 0. The van der Waals surface area contributed by atoms with E-state index in [1.807, 2.05) is 0 Å². The third-order valence-electron chi connectivity index (χ3n) is 5.09. The van der Waals surface area contributed by atoms with Gasteiger partial charge in [0.05, 0.1) is 0 Å². The smallest absolute Gasteiger partial charge is 0.216 e. The summed E-state index contributed by atoms with van der Waals surface area (Å²) in [4.78, 5) is 0. The van der Waals surface area contributed by atoms with Crippen molar-refractivity contribution < 1.29 is 83.4 Å². The predicted octanol–water partition coefficient (Wildman–Crippen LogP) is 9.38. The monoisotopic (exact) mass is 582 g/mol. The molecule has 0 unspecified atom stereocenters. The number of unbranched alkanes of at least 4 members (excludes halogenated alkanes) is 5. The van der Waals surface area contributed by atoms with Crippen molar-refractivity contribution in [3.05, 3.63) is 0 Å². The van der Waals surface area contributed by atoms with Crippen LogP contribution in [-0.2, 0) is 0 Å². The zero-order valence-electron chi connectivity index (χ0n) is 17.6. The second-order valence-electron chi connectivity index (χ2n) is 7.75. The zero-order chi connectivity index (χ0) is 29.4. The molecule has 0 nitrogen and oxygen atoms in total. The quantitative estimate of drug-likeness (QED) is 0.150. The SMILES string of the molecule is CCCCCCCCC(F)(F)C(F)(F)C(F)(F)C(F)(F)C(F)(F)C(F)(F)C(F)(C(F)(F)F)C(F)(F)F. The number of alkyl halides is 19. The van der Waals surface area contributed by atoms with E-state index < -0.39 is 72.8 Å². The molecule has 0 atom stereocenters. The molecule has 0 aromatic carbocycles. The largest absolute Gasteiger partial charge is 0.438 e. The minimum absolute atomic E-state index is 0.0137. The maximum absolute atomic E-state index is 13.7. The Morgan fingerprint density at radius 2 is 0.667 bits per heavy atom. The molecule has 0 aromatic heterocycles. The molecule has 0 fully saturated rings. The van der Waals surface area contributed by atoms with Crippen LogP contribution in [0.2, 0.25) is 0 Å². The van der Waals surface area contributed by atoms with Gasteiger partial charge in [-0.1, -0.05) is 39.0 Å². The molecule has 0 aromatic rings. The maximum Gasteiger partial charge on any atom is 0.438 e. The normalized spacial score (nSPS) is 16.0. The standard InChI is InChI=1S/C17H17F19/c1-2-3-4-5-6-7-8-9(18,19)11(21,22)13(25,26)15(29,30)14(27,28)12(23,24)10(20,16(31,32)33)17(34,35)36/h2-8H2,1H3. The van der Waals surface area contributed by atoms with Crippen molar-refractivity contribution in [2.75, 3.05) is 0 Å². The fraction of sp³-hybridized carbons (Fsp3) is 1.00. The lowest BCUT2D eigenvalue weighted by molar-refractivity contribution is -0.472. The van der Waals surface area contributed by atoms with E-state index in [4.69, 9.17) is 0 Å². The van der Waals surface area contributed by atoms with Gasteiger partial charge in [0.2, 0.25) is 0 Å². The third kappa shape index (κ3) is 5.16. The van der Waals surface area contributed by atoms with Crippen LogP contribution in [0.1, 0.15) is 51.9 Å². The predicted molar refractivity (Wildman–Crippen MR) is 83.6 cm³/mol. The van der Waals surface area contributed by atoms with Crippen LogP contribution in [0.4, 0.5) is 83.4 Å². The van der Waals surface area contributed by atoms with E-state index >= 15 is 0 Å². The Balaban J connectivity index is 6.50. The first kappa shape index (κ1) is 34.7. The van der Waals surface area contributed by atoms with Gasteiger partial charge >= 0.3 is 53.6 Å². The first-order chi connectivity index (χ1) is 15.6. The average molecular weight is 582 g/mol. The van der Waals surface area contributed by atoms with Gasteiger partial charge in [0.1, 0.15) is 0 Å². The Labute approximate surface area is 190 Å². The number of halogens is 19. The molecule has 36 heavy (non-hydrogen) atoms. The van der Waals surface area contributed by atoms with Crippen LogP contribution in [0.15, 0.2) is 0 Å². The summed E-state index contributed by atoms with van der Waals surface area (Å²) in [5, 5.41) is 0. The van der Waals surface area contributed by atoms with Crippen LogP contribution < -0.4 is 0 Å². The van der Waals surface area contributed by atoms with Crippen LogP contribution in [0.25, 0.3) is 0 Å². The van der Waals surface area contributed by atoms with E-state index in [-0.39, 0.29) is 6.42 Å². The molecular weight excluding hydrogens is 565 g/mol. The summed E-state index contributed by atoms with van der Waals surface area (Å²) in [6.07, 6.45) is -19.1. The van der Waals surface area contributed by atoms with E-state index in [0.717, 1.165) is 0 Å². The Hall–Kier alpha value is -1.33. The summed E-state index contributed by atoms with van der Waals surface area (Å²) in [5.74, 6) is -49.3. The molecule has 19 heteroatoms. The van der Waals surface area contributed by atoms with Gasteiger partial charge in [-0.05, 0) is 6.42 Å². The Kier molecular flexibility index (Phi) is 9.72. The van der Waals surface area contributed by atoms with Gasteiger partial charge in [0, 0.05) is 6.42 Å². The molecule has 0 radical (unpaired) electrons. The van der Waals surface area contributed by atoms with Gasteiger partial charge in [0.15, 0.2) is 0 Å². The highest BCUT2D eigenvalue weighted by atomic mass is 19.4. The van der Waals surface area contributed by atoms with E-state index in [0.29, 0.717) is 19.3 Å². The average Bonchev–Trinajstić information content (AvgIpc) is 2.67. The molecule has 0 aliphatic heterocycles. The highest BCUT2D eigenvalue weighted by Gasteiger charge is 2.98. The summed E-state index contributed by atoms with van der Waals surface area (Å²) in [6, 6.07) is 0. The fourth-order valence-electron chi connectivity index (χ4n) is 2.84. The first-order valence-corrected chi connectivity index (χ1v) is 9.65. The molecule has 0 spiro atoms. The van der Waals surface area contributed by atoms with Crippen molar-refractivity contribution in [3.63, 3.8) is 0 Å². The fourth-order valence-corrected chi connectivity index (χ4v) is 2.84. The van der Waals surface area contributed by atoms with Crippen molar-refractivity contribution in [2.45, 2.75) is 105 Å². The van der Waals surface area contributed by atoms with Gasteiger partial charge in [0.25, 0.3) is 0 Å². The highest BCUT2D eigenvalue weighted by molar-refractivity contribution is 5.19. The lowest BCUT2D eigenvalue weighted by atomic mass is 9.83. The molecule has 0 rings (SSSR count). The molecule has 0 saturated carbocycles. The number of hydrogen-bond donors (Lipinski definition) is 0. The first-order valence-electron chi connectivity index (χ1n) is 9.65. The van der Waals surface area contributed by atoms with Crippen molar-refractivity contribution in [3.8, 4) is 0 Å². The molecule has 0 aliphatic rings. The van der Waals surface area contributed by atoms with Gasteiger partial charge in [-0.15, -0.1) is 0 Å². The molecule has 218 valence electrons. The minimum Gasteiger partial charge on any atom is -0.216 e. The second-order valence-corrected chi connectivity index (χ2v) is 7.75. The minimum atomic E-state index is -8.96. The highest BCUT2D eigenvalue weighted by Crippen LogP contribution is 2.66. The van der Waals surface area contributed by atoms with Crippen LogP contribution in [0.3, 0.4) is 0 Å². The van der Waals surface area contributed by atoms with Crippen molar-refractivity contribution in [2.24, 2.45) is 0 Å². The molecule has 0 saturated heterocycles. The lowest BCUT2D eigenvalue weighted by Crippen LogP contribution is -2.77. The Morgan fingerprint density at radius 1 is 0.361 bits per heavy atom. The van der Waals surface area contributed by atoms with Crippen LogP contribution in [0, 0.1) is 0 Å². The van der Waals surface area contributed by atoms with Crippen LogP contribution >= 0.6 is 0 Å². The molecular formula is C17H17F19. The topological polar surface area (TPSA) is 0 Å².